The van der Waals surface area contributed by atoms with Gasteiger partial charge in [0.25, 0.3) is 0 Å². The molecule has 0 spiro atoms. The Morgan fingerprint density at radius 2 is 2.35 bits per heavy atom. The van der Waals surface area contributed by atoms with E-state index in [0.717, 1.165) is 6.42 Å². The number of aliphatic carboxylic acids is 1. The van der Waals surface area contributed by atoms with Crippen molar-refractivity contribution >= 4 is 15.8 Å². The van der Waals surface area contributed by atoms with Gasteiger partial charge in [0.15, 0.2) is 9.84 Å². The number of nitrogens with zero attached hydrogens (tertiary/aromatic N) is 2. The van der Waals surface area contributed by atoms with Crippen molar-refractivity contribution in [2.45, 2.75) is 25.3 Å². The zero-order chi connectivity index (χ0) is 12.5. The van der Waals surface area contributed by atoms with Crippen LogP contribution in [0.15, 0.2) is 12.4 Å². The maximum absolute atomic E-state index is 11.5. The highest BCUT2D eigenvalue weighted by molar-refractivity contribution is 7.91. The lowest BCUT2D eigenvalue weighted by molar-refractivity contribution is -0.136. The average Bonchev–Trinajstić information content (AvgIpc) is 2.63. The molecule has 1 aromatic rings. The summed E-state index contributed by atoms with van der Waals surface area (Å²) in [6, 6.07) is -0.156. The molecule has 17 heavy (non-hydrogen) atoms. The van der Waals surface area contributed by atoms with Crippen LogP contribution in [0, 0.1) is 0 Å². The summed E-state index contributed by atoms with van der Waals surface area (Å²) in [6.45, 7) is 0. The SMILES string of the molecule is O=C(O)Cc1cnn(C2CCCS(=O)(=O)C2)c1. The van der Waals surface area contributed by atoms with Crippen LogP contribution in [-0.2, 0) is 21.1 Å². The lowest BCUT2D eigenvalue weighted by Gasteiger charge is -2.22. The Labute approximate surface area is 99.2 Å². The summed E-state index contributed by atoms with van der Waals surface area (Å²) >= 11 is 0. The average molecular weight is 258 g/mol. The first-order valence-electron chi connectivity index (χ1n) is 5.41. The topological polar surface area (TPSA) is 89.3 Å². The fourth-order valence-corrected chi connectivity index (χ4v) is 3.73. The van der Waals surface area contributed by atoms with E-state index in [4.69, 9.17) is 5.11 Å². The predicted molar refractivity (Wildman–Crippen MR) is 60.5 cm³/mol. The van der Waals surface area contributed by atoms with Gasteiger partial charge in [-0.05, 0) is 12.8 Å². The Bertz CT molecular complexity index is 520. The second-order valence-electron chi connectivity index (χ2n) is 4.31. The van der Waals surface area contributed by atoms with Crippen LogP contribution in [0.25, 0.3) is 0 Å². The monoisotopic (exact) mass is 258 g/mol. The third kappa shape index (κ3) is 3.06. The van der Waals surface area contributed by atoms with Gasteiger partial charge in [0.1, 0.15) is 0 Å². The van der Waals surface area contributed by atoms with Crippen LogP contribution in [-0.4, -0.2) is 40.8 Å². The smallest absolute Gasteiger partial charge is 0.307 e. The molecule has 0 radical (unpaired) electrons. The van der Waals surface area contributed by atoms with E-state index in [-0.39, 0.29) is 24.0 Å². The van der Waals surface area contributed by atoms with Crippen molar-refractivity contribution in [1.82, 2.24) is 9.78 Å². The Morgan fingerprint density at radius 3 is 3.00 bits per heavy atom. The van der Waals surface area contributed by atoms with Crippen LogP contribution >= 0.6 is 0 Å². The van der Waals surface area contributed by atoms with Crippen molar-refractivity contribution in [3.05, 3.63) is 18.0 Å². The Kier molecular flexibility index (Phi) is 3.19. The molecule has 0 aromatic carbocycles. The normalized spacial score (nSPS) is 23.4. The summed E-state index contributed by atoms with van der Waals surface area (Å²) in [6.07, 6.45) is 4.43. The molecule has 1 saturated heterocycles. The molecule has 0 bridgehead atoms. The van der Waals surface area contributed by atoms with Crippen molar-refractivity contribution < 1.29 is 18.3 Å². The third-order valence-corrected chi connectivity index (χ3v) is 4.63. The molecule has 7 heteroatoms. The zero-order valence-corrected chi connectivity index (χ0v) is 10.1. The minimum atomic E-state index is -2.97. The summed E-state index contributed by atoms with van der Waals surface area (Å²) in [5, 5.41) is 12.7. The Hall–Kier alpha value is -1.37. The molecule has 0 saturated carbocycles. The van der Waals surface area contributed by atoms with Crippen LogP contribution < -0.4 is 0 Å². The standard InChI is InChI=1S/C10H14N2O4S/c13-10(14)4-8-5-11-12(6-8)9-2-1-3-17(15,16)7-9/h5-6,9H,1-4,7H2,(H,13,14). The number of sulfone groups is 1. The summed E-state index contributed by atoms with van der Waals surface area (Å²) in [5.74, 6) is -0.575. The molecule has 1 aliphatic rings. The van der Waals surface area contributed by atoms with Crippen LogP contribution in [0.3, 0.4) is 0 Å². The van der Waals surface area contributed by atoms with Gasteiger partial charge in [-0.15, -0.1) is 0 Å². The molecule has 6 nitrogen and oxygen atoms in total. The van der Waals surface area contributed by atoms with Gasteiger partial charge in [0.05, 0.1) is 30.2 Å². The second kappa shape index (κ2) is 4.48. The minimum Gasteiger partial charge on any atom is -0.481 e. The van der Waals surface area contributed by atoms with Gasteiger partial charge in [-0.2, -0.15) is 5.10 Å². The van der Waals surface area contributed by atoms with Crippen LogP contribution in [0.4, 0.5) is 0 Å². The first-order chi connectivity index (χ1) is 7.96. The summed E-state index contributed by atoms with van der Waals surface area (Å²) < 4.78 is 24.5. The highest BCUT2D eigenvalue weighted by Gasteiger charge is 2.26. The first-order valence-corrected chi connectivity index (χ1v) is 7.24. The van der Waals surface area contributed by atoms with Gasteiger partial charge in [-0.3, -0.25) is 9.48 Å². The molecular weight excluding hydrogens is 244 g/mol. The number of rotatable bonds is 3. The molecule has 2 heterocycles. The maximum Gasteiger partial charge on any atom is 0.307 e. The highest BCUT2D eigenvalue weighted by Crippen LogP contribution is 2.22. The number of hydrogen-bond donors (Lipinski definition) is 1. The quantitative estimate of drug-likeness (QED) is 0.840. The molecular formula is C10H14N2O4S. The molecule has 1 unspecified atom stereocenters. The van der Waals surface area contributed by atoms with Crippen LogP contribution in [0.2, 0.25) is 0 Å². The van der Waals surface area contributed by atoms with Crippen molar-refractivity contribution in [3.8, 4) is 0 Å². The van der Waals surface area contributed by atoms with E-state index in [1.54, 1.807) is 10.9 Å². The van der Waals surface area contributed by atoms with Crippen molar-refractivity contribution in [2.75, 3.05) is 11.5 Å². The van der Waals surface area contributed by atoms with E-state index >= 15 is 0 Å². The van der Waals surface area contributed by atoms with E-state index in [1.807, 2.05) is 0 Å². The fourth-order valence-electron chi connectivity index (χ4n) is 2.05. The zero-order valence-electron chi connectivity index (χ0n) is 9.24. The maximum atomic E-state index is 11.5. The van der Waals surface area contributed by atoms with Crippen molar-refractivity contribution in [2.24, 2.45) is 0 Å². The molecule has 0 amide bonds. The molecule has 1 aliphatic heterocycles. The van der Waals surface area contributed by atoms with Gasteiger partial charge >= 0.3 is 5.97 Å². The highest BCUT2D eigenvalue weighted by atomic mass is 32.2. The first kappa shape index (κ1) is 12.1. The molecule has 1 atom stereocenters. The van der Waals surface area contributed by atoms with Gasteiger partial charge in [0, 0.05) is 11.8 Å². The van der Waals surface area contributed by atoms with Gasteiger partial charge in [-0.25, -0.2) is 8.42 Å². The van der Waals surface area contributed by atoms with E-state index in [2.05, 4.69) is 5.10 Å². The molecule has 1 fully saturated rings. The van der Waals surface area contributed by atoms with Crippen molar-refractivity contribution in [3.63, 3.8) is 0 Å². The predicted octanol–water partition coefficient (Wildman–Crippen LogP) is 0.260. The van der Waals surface area contributed by atoms with Crippen LogP contribution in [0.5, 0.6) is 0 Å². The third-order valence-electron chi connectivity index (χ3n) is 2.82. The van der Waals surface area contributed by atoms with Crippen LogP contribution in [0.1, 0.15) is 24.4 Å². The number of carboxylic acids is 1. The molecule has 2 rings (SSSR count). The minimum absolute atomic E-state index is 0.0839. The summed E-state index contributed by atoms with van der Waals surface area (Å²) in [4.78, 5) is 10.5. The van der Waals surface area contributed by atoms with E-state index in [9.17, 15) is 13.2 Å². The number of carbonyl (C=O) groups is 1. The Balaban J connectivity index is 2.12. The molecule has 94 valence electrons. The molecule has 1 N–H and O–H groups in total. The number of carboxylic acid groups (broad SMARTS) is 1. The summed E-state index contributed by atoms with van der Waals surface area (Å²) in [7, 11) is -2.97. The van der Waals surface area contributed by atoms with E-state index < -0.39 is 15.8 Å². The lowest BCUT2D eigenvalue weighted by Crippen LogP contribution is -2.27. The molecule has 1 aromatic heterocycles. The second-order valence-corrected chi connectivity index (χ2v) is 6.54. The Morgan fingerprint density at radius 1 is 1.59 bits per heavy atom. The van der Waals surface area contributed by atoms with Gasteiger partial charge < -0.3 is 5.11 Å². The fraction of sp³-hybridized carbons (Fsp3) is 0.600. The van der Waals surface area contributed by atoms with Crippen molar-refractivity contribution in [1.29, 1.82) is 0 Å². The largest absolute Gasteiger partial charge is 0.481 e. The number of aromatic nitrogens is 2. The van der Waals surface area contributed by atoms with E-state index in [1.165, 1.54) is 6.20 Å². The summed E-state index contributed by atoms with van der Waals surface area (Å²) in [5.41, 5.74) is 0.598. The van der Waals surface area contributed by atoms with E-state index in [0.29, 0.717) is 12.0 Å². The number of hydrogen-bond acceptors (Lipinski definition) is 4. The lowest BCUT2D eigenvalue weighted by atomic mass is 10.2. The van der Waals surface area contributed by atoms with Gasteiger partial charge in [0.2, 0.25) is 0 Å². The molecule has 0 aliphatic carbocycles. The van der Waals surface area contributed by atoms with Gasteiger partial charge in [-0.1, -0.05) is 0 Å².